The molecule has 12 rings (SSSR count). The third kappa shape index (κ3) is 9.92. The maximum Gasteiger partial charge on any atom is 0.282 e. The molecule has 0 saturated heterocycles. The van der Waals surface area contributed by atoms with Gasteiger partial charge in [-0.05, 0) is 57.6 Å². The Morgan fingerprint density at radius 2 is 0.541 bits per heavy atom. The molecule has 2 atom stereocenters. The SMILES string of the molecule is O=P(Cc1ccc(CP(=O)(c2ccccc2)c2ccccc2)cc1)(c1ccccc1)c1ccccc1.O=P1(Cc2ccc(CP3(=O)Oc4ccccc4-c4ccccc43)cc2)Oc2ccccc2-c2ccccc21. The summed E-state index contributed by atoms with van der Waals surface area (Å²) in [7, 11) is -12.1. The Labute approximate surface area is 433 Å². The van der Waals surface area contributed by atoms with E-state index >= 15 is 0 Å². The molecule has 364 valence electrons. The van der Waals surface area contributed by atoms with Crippen LogP contribution in [-0.4, -0.2) is 0 Å². The highest BCUT2D eigenvalue weighted by Crippen LogP contribution is 2.58. The van der Waals surface area contributed by atoms with E-state index in [9.17, 15) is 18.3 Å². The van der Waals surface area contributed by atoms with Gasteiger partial charge >= 0.3 is 0 Å². The summed E-state index contributed by atoms with van der Waals surface area (Å²) in [6.45, 7) is 0. The fourth-order valence-corrected chi connectivity index (χ4v) is 20.2. The quantitative estimate of drug-likeness (QED) is 0.113. The summed E-state index contributed by atoms with van der Waals surface area (Å²) in [6, 6.07) is 86.0. The van der Waals surface area contributed by atoms with Gasteiger partial charge in [0, 0.05) is 44.7 Å². The molecule has 2 aliphatic heterocycles. The number of fused-ring (bicyclic) bond motifs is 6. The van der Waals surface area contributed by atoms with Crippen molar-refractivity contribution in [3.63, 3.8) is 0 Å². The van der Waals surface area contributed by atoms with Gasteiger partial charge in [-0.2, -0.15) is 0 Å². The first kappa shape index (κ1) is 49.0. The van der Waals surface area contributed by atoms with Crippen LogP contribution in [0.2, 0.25) is 0 Å². The number of hydrogen-bond acceptors (Lipinski definition) is 6. The van der Waals surface area contributed by atoms with Crippen LogP contribution in [0.1, 0.15) is 22.3 Å². The van der Waals surface area contributed by atoms with Crippen LogP contribution in [0, 0.1) is 0 Å². The Morgan fingerprint density at radius 1 is 0.284 bits per heavy atom. The molecule has 0 aliphatic carbocycles. The summed E-state index contributed by atoms with van der Waals surface area (Å²) in [5.74, 6) is 1.30. The van der Waals surface area contributed by atoms with Crippen molar-refractivity contribution >= 4 is 60.8 Å². The van der Waals surface area contributed by atoms with Crippen LogP contribution in [0.4, 0.5) is 0 Å². The highest BCUT2D eigenvalue weighted by Gasteiger charge is 2.38. The lowest BCUT2D eigenvalue weighted by Gasteiger charge is -2.29. The molecule has 2 aliphatic rings. The van der Waals surface area contributed by atoms with Crippen LogP contribution in [0.5, 0.6) is 11.5 Å². The van der Waals surface area contributed by atoms with Crippen LogP contribution < -0.4 is 40.9 Å². The zero-order chi connectivity index (χ0) is 50.6. The van der Waals surface area contributed by atoms with Crippen molar-refractivity contribution in [1.82, 2.24) is 0 Å². The molecule has 0 aromatic heterocycles. The lowest BCUT2D eigenvalue weighted by Crippen LogP contribution is -2.19. The smallest absolute Gasteiger partial charge is 0.282 e. The molecule has 2 heterocycles. The van der Waals surface area contributed by atoms with Gasteiger partial charge in [-0.15, -0.1) is 0 Å². The minimum atomic E-state index is -3.18. The van der Waals surface area contributed by atoms with Crippen molar-refractivity contribution in [2.45, 2.75) is 24.6 Å². The van der Waals surface area contributed by atoms with Crippen molar-refractivity contribution in [2.75, 3.05) is 0 Å². The molecule has 0 N–H and O–H groups in total. The first-order chi connectivity index (χ1) is 36.1. The highest BCUT2D eigenvalue weighted by molar-refractivity contribution is 7.78. The van der Waals surface area contributed by atoms with Crippen molar-refractivity contribution in [2.24, 2.45) is 0 Å². The van der Waals surface area contributed by atoms with Gasteiger partial charge in [-0.3, -0.25) is 9.13 Å². The molecular weight excluding hydrogens is 989 g/mol. The van der Waals surface area contributed by atoms with E-state index < -0.39 is 29.0 Å². The summed E-state index contributed by atoms with van der Waals surface area (Å²) in [6.07, 6.45) is 1.44. The van der Waals surface area contributed by atoms with E-state index in [-0.39, 0.29) is 12.3 Å². The summed E-state index contributed by atoms with van der Waals surface area (Å²) < 4.78 is 69.6. The van der Waals surface area contributed by atoms with Crippen LogP contribution in [0.3, 0.4) is 0 Å². The normalized spacial score (nSPS) is 16.3. The fraction of sp³-hybridized carbons (Fsp3) is 0.0625. The molecule has 0 radical (unpaired) electrons. The topological polar surface area (TPSA) is 86.7 Å². The Bertz CT molecular complexity index is 3460. The molecule has 10 aromatic carbocycles. The Kier molecular flexibility index (Phi) is 13.8. The second kappa shape index (κ2) is 20.9. The van der Waals surface area contributed by atoms with E-state index in [0.717, 1.165) is 76.3 Å². The molecular formula is C64H52O6P4. The molecule has 0 bridgehead atoms. The number of benzene rings is 10. The Morgan fingerprint density at radius 3 is 0.865 bits per heavy atom. The summed E-state index contributed by atoms with van der Waals surface area (Å²) >= 11 is 0. The minimum absolute atomic E-state index is 0.281. The third-order valence-corrected chi connectivity index (χ3v) is 24.7. The Balaban J connectivity index is 0.000000159. The third-order valence-electron chi connectivity index (χ3n) is 13.7. The molecule has 10 heteroatoms. The van der Waals surface area contributed by atoms with E-state index in [2.05, 4.69) is 0 Å². The second-order valence-electron chi connectivity index (χ2n) is 18.6. The zero-order valence-corrected chi connectivity index (χ0v) is 44.0. The predicted molar refractivity (Wildman–Crippen MR) is 307 cm³/mol. The standard InChI is InChI=1S/C32H24O4P2.C32H28O2P2/c33-37(31-15-7-3-11-27(31)25-9-1-5-13-29(25)35-37)21-23-17-19-24(20-18-23)22-38(34)32-16-8-4-12-28(32)26-10-2-6-14-30(26)36-38;33-35(29-13-5-1-6-14-29,30-15-7-2-8-16-30)25-27-21-23-28(24-22-27)26-36(34,31-17-9-3-10-18-31)32-19-11-4-12-20-32/h1-20H,21-22H2;1-24H,25-26H2. The monoisotopic (exact) mass is 1040 g/mol. The number of para-hydroxylation sites is 2. The largest absolute Gasteiger partial charge is 0.439 e. The van der Waals surface area contributed by atoms with Gasteiger partial charge in [-0.1, -0.05) is 243 Å². The minimum Gasteiger partial charge on any atom is -0.439 e. The number of hydrogen-bond donors (Lipinski definition) is 0. The molecule has 0 fully saturated rings. The fourth-order valence-electron chi connectivity index (χ4n) is 10.0. The molecule has 2 unspecified atom stereocenters. The van der Waals surface area contributed by atoms with Crippen LogP contribution in [-0.2, 0) is 42.9 Å². The van der Waals surface area contributed by atoms with E-state index in [1.54, 1.807) is 0 Å². The summed E-state index contributed by atoms with van der Waals surface area (Å²) in [5, 5.41) is 4.93. The molecule has 74 heavy (non-hydrogen) atoms. The van der Waals surface area contributed by atoms with Crippen molar-refractivity contribution in [3.8, 4) is 33.8 Å². The van der Waals surface area contributed by atoms with Gasteiger partial charge < -0.3 is 18.2 Å². The summed E-state index contributed by atoms with van der Waals surface area (Å²) in [5.41, 5.74) is 7.65. The van der Waals surface area contributed by atoms with Gasteiger partial charge in [0.25, 0.3) is 14.7 Å². The van der Waals surface area contributed by atoms with E-state index in [4.69, 9.17) is 9.05 Å². The van der Waals surface area contributed by atoms with Gasteiger partial charge in [0.15, 0.2) is 0 Å². The van der Waals surface area contributed by atoms with Crippen LogP contribution >= 0.6 is 29.0 Å². The average Bonchev–Trinajstić information content (AvgIpc) is 3.45. The van der Waals surface area contributed by atoms with Crippen LogP contribution in [0.15, 0.2) is 267 Å². The van der Waals surface area contributed by atoms with Gasteiger partial charge in [0.1, 0.15) is 25.8 Å². The van der Waals surface area contributed by atoms with Crippen molar-refractivity contribution in [1.29, 1.82) is 0 Å². The number of rotatable bonds is 12. The van der Waals surface area contributed by atoms with Crippen molar-refractivity contribution in [3.05, 3.63) is 289 Å². The maximum atomic E-state index is 14.4. The molecule has 0 amide bonds. The van der Waals surface area contributed by atoms with Gasteiger partial charge in [-0.25, -0.2) is 0 Å². The molecule has 6 nitrogen and oxygen atoms in total. The molecule has 10 aromatic rings. The Hall–Kier alpha value is -7.28. The first-order valence-electron chi connectivity index (χ1n) is 24.6. The lowest BCUT2D eigenvalue weighted by molar-refractivity contribution is 0.488. The van der Waals surface area contributed by atoms with Crippen molar-refractivity contribution < 1.29 is 27.3 Å². The van der Waals surface area contributed by atoms with Crippen LogP contribution in [0.25, 0.3) is 22.3 Å². The second-order valence-corrected chi connectivity index (χ2v) is 29.0. The average molecular weight is 1040 g/mol. The summed E-state index contributed by atoms with van der Waals surface area (Å²) in [4.78, 5) is 0. The predicted octanol–water partition coefficient (Wildman–Crippen LogP) is 14.7. The van der Waals surface area contributed by atoms with E-state index in [1.165, 1.54) is 0 Å². The van der Waals surface area contributed by atoms with E-state index in [1.807, 2.05) is 267 Å². The molecule has 0 spiro atoms. The van der Waals surface area contributed by atoms with Gasteiger partial charge in [0.05, 0.1) is 22.9 Å². The maximum absolute atomic E-state index is 14.4. The first-order valence-corrected chi connectivity index (χ1v) is 32.0. The van der Waals surface area contributed by atoms with Gasteiger partial charge in [0.2, 0.25) is 0 Å². The molecule has 0 saturated carbocycles. The zero-order valence-electron chi connectivity index (χ0n) is 40.5. The van der Waals surface area contributed by atoms with E-state index in [0.29, 0.717) is 23.8 Å². The lowest BCUT2D eigenvalue weighted by atomic mass is 10.0. The highest BCUT2D eigenvalue weighted by atomic mass is 31.2.